The lowest BCUT2D eigenvalue weighted by molar-refractivity contribution is -0.126. The lowest BCUT2D eigenvalue weighted by atomic mass is 10.0. The molecule has 31 heavy (non-hydrogen) atoms. The van der Waals surface area contributed by atoms with E-state index in [2.05, 4.69) is 10.4 Å². The second-order valence-corrected chi connectivity index (χ2v) is 9.99. The molecule has 1 atom stereocenters. The van der Waals surface area contributed by atoms with Crippen molar-refractivity contribution in [2.75, 3.05) is 24.6 Å². The highest BCUT2D eigenvalue weighted by Gasteiger charge is 2.32. The van der Waals surface area contributed by atoms with Crippen LogP contribution in [0.5, 0.6) is 0 Å². The smallest absolute Gasteiger partial charge is 0.242 e. The summed E-state index contributed by atoms with van der Waals surface area (Å²) < 4.78 is 25.6. The quantitative estimate of drug-likeness (QED) is 0.610. The second kappa shape index (κ2) is 9.45. The summed E-state index contributed by atoms with van der Waals surface area (Å²) >= 11 is 0. The van der Waals surface area contributed by atoms with Gasteiger partial charge in [0.1, 0.15) is 6.04 Å². The van der Waals surface area contributed by atoms with Gasteiger partial charge in [-0.25, -0.2) is 8.42 Å². The molecule has 8 heteroatoms. The van der Waals surface area contributed by atoms with E-state index in [0.717, 1.165) is 16.7 Å². The summed E-state index contributed by atoms with van der Waals surface area (Å²) in [5.74, 6) is 0.0338. The number of hydrogen-bond acceptors (Lipinski definition) is 5. The van der Waals surface area contributed by atoms with Crippen molar-refractivity contribution in [1.82, 2.24) is 20.0 Å². The molecule has 1 amide bonds. The van der Waals surface area contributed by atoms with Gasteiger partial charge in [-0.3, -0.25) is 14.4 Å². The number of rotatable bonds is 7. The van der Waals surface area contributed by atoms with E-state index in [-0.39, 0.29) is 17.4 Å². The van der Waals surface area contributed by atoms with Gasteiger partial charge in [-0.2, -0.15) is 5.10 Å². The minimum atomic E-state index is -3.02. The van der Waals surface area contributed by atoms with Crippen LogP contribution in [0.15, 0.2) is 73.1 Å². The maximum Gasteiger partial charge on any atom is 0.242 e. The van der Waals surface area contributed by atoms with E-state index in [0.29, 0.717) is 26.2 Å². The van der Waals surface area contributed by atoms with Crippen LogP contribution >= 0.6 is 0 Å². The number of hydrogen-bond donors (Lipinski definition) is 1. The Morgan fingerprint density at radius 1 is 0.968 bits per heavy atom. The van der Waals surface area contributed by atoms with Gasteiger partial charge in [0.2, 0.25) is 5.91 Å². The monoisotopic (exact) mass is 438 g/mol. The van der Waals surface area contributed by atoms with Gasteiger partial charge in [0.05, 0.1) is 18.1 Å². The van der Waals surface area contributed by atoms with Gasteiger partial charge < -0.3 is 5.32 Å². The fraction of sp³-hybridized carbons (Fsp3) is 0.304. The van der Waals surface area contributed by atoms with E-state index in [1.54, 1.807) is 6.20 Å². The first kappa shape index (κ1) is 21.3. The average molecular weight is 439 g/mol. The largest absolute Gasteiger partial charge is 0.350 e. The van der Waals surface area contributed by atoms with Crippen LogP contribution in [0.1, 0.15) is 22.7 Å². The number of carbonyl (C=O) groups is 1. The molecule has 0 spiro atoms. The van der Waals surface area contributed by atoms with E-state index in [1.807, 2.05) is 76.4 Å². The first-order chi connectivity index (χ1) is 15.0. The summed E-state index contributed by atoms with van der Waals surface area (Å²) in [4.78, 5) is 15.2. The maximum absolute atomic E-state index is 13.3. The zero-order chi connectivity index (χ0) is 21.7. The van der Waals surface area contributed by atoms with Crippen molar-refractivity contribution in [3.8, 4) is 0 Å². The lowest BCUT2D eigenvalue weighted by Crippen LogP contribution is -2.47. The third-order valence-electron chi connectivity index (χ3n) is 5.57. The van der Waals surface area contributed by atoms with Crippen molar-refractivity contribution in [2.45, 2.75) is 19.1 Å². The van der Waals surface area contributed by atoms with Gasteiger partial charge >= 0.3 is 0 Å². The molecule has 1 aromatic heterocycles. The van der Waals surface area contributed by atoms with Crippen molar-refractivity contribution < 1.29 is 13.2 Å². The molecule has 4 rings (SSSR count). The third kappa shape index (κ3) is 5.39. The number of sulfone groups is 1. The highest BCUT2D eigenvalue weighted by atomic mass is 32.2. The van der Waals surface area contributed by atoms with Crippen LogP contribution in [-0.4, -0.2) is 53.6 Å². The topological polar surface area (TPSA) is 84.3 Å². The fourth-order valence-corrected chi connectivity index (χ4v) is 5.11. The lowest BCUT2D eigenvalue weighted by Gasteiger charge is -2.33. The summed E-state index contributed by atoms with van der Waals surface area (Å²) in [5.41, 5.74) is 2.98. The van der Waals surface area contributed by atoms with E-state index in [1.165, 1.54) is 0 Å². The molecule has 0 bridgehead atoms. The predicted octanol–water partition coefficient (Wildman–Crippen LogP) is 2.02. The molecule has 1 N–H and O–H groups in total. The summed E-state index contributed by atoms with van der Waals surface area (Å²) in [7, 11) is -3.02. The summed E-state index contributed by atoms with van der Waals surface area (Å²) in [5, 5.41) is 7.34. The van der Waals surface area contributed by atoms with Crippen LogP contribution in [0.3, 0.4) is 0 Å². The Labute approximate surface area is 182 Å². The number of nitrogens with one attached hydrogen (secondary N) is 1. The Hall–Kier alpha value is -2.97. The SMILES string of the molecule is O=C(NCc1ccccc1Cn1cccn1)C(c1ccccc1)N1CCS(=O)(=O)CC1. The fourth-order valence-electron chi connectivity index (χ4n) is 3.88. The van der Waals surface area contributed by atoms with Crippen LogP contribution in [0.2, 0.25) is 0 Å². The Morgan fingerprint density at radius 2 is 1.65 bits per heavy atom. The van der Waals surface area contributed by atoms with Gasteiger partial charge in [-0.1, -0.05) is 54.6 Å². The molecule has 0 saturated carbocycles. The number of aromatic nitrogens is 2. The van der Waals surface area contributed by atoms with E-state index in [9.17, 15) is 13.2 Å². The zero-order valence-electron chi connectivity index (χ0n) is 17.2. The molecule has 162 valence electrons. The van der Waals surface area contributed by atoms with Crippen LogP contribution in [0.25, 0.3) is 0 Å². The highest BCUT2D eigenvalue weighted by Crippen LogP contribution is 2.23. The van der Waals surface area contributed by atoms with Gasteiger partial charge in [0, 0.05) is 32.0 Å². The van der Waals surface area contributed by atoms with Crippen molar-refractivity contribution in [1.29, 1.82) is 0 Å². The Morgan fingerprint density at radius 3 is 2.32 bits per heavy atom. The van der Waals surface area contributed by atoms with Gasteiger partial charge in [0.25, 0.3) is 0 Å². The molecule has 1 aliphatic heterocycles. The Kier molecular flexibility index (Phi) is 6.48. The third-order valence-corrected chi connectivity index (χ3v) is 7.18. The van der Waals surface area contributed by atoms with Crippen molar-refractivity contribution in [3.05, 3.63) is 89.7 Å². The van der Waals surface area contributed by atoms with Crippen LogP contribution in [0.4, 0.5) is 0 Å². The maximum atomic E-state index is 13.3. The molecule has 2 heterocycles. The van der Waals surface area contributed by atoms with Crippen LogP contribution in [-0.2, 0) is 27.7 Å². The van der Waals surface area contributed by atoms with Gasteiger partial charge in [0.15, 0.2) is 9.84 Å². The number of nitrogens with zero attached hydrogens (tertiary/aromatic N) is 3. The minimum Gasteiger partial charge on any atom is -0.350 e. The summed E-state index contributed by atoms with van der Waals surface area (Å²) in [6.07, 6.45) is 3.65. The molecule has 1 unspecified atom stereocenters. The standard InChI is InChI=1S/C23H26N4O3S/c28-23(24-17-20-9-4-5-10-21(20)18-27-12-6-11-25-27)22(19-7-2-1-3-8-19)26-13-15-31(29,30)16-14-26/h1-12,22H,13-18H2,(H,24,28). The number of amides is 1. The molecular formula is C23H26N4O3S. The Balaban J connectivity index is 1.50. The number of carbonyl (C=O) groups excluding carboxylic acids is 1. The highest BCUT2D eigenvalue weighted by molar-refractivity contribution is 7.91. The van der Waals surface area contributed by atoms with Crippen molar-refractivity contribution in [3.63, 3.8) is 0 Å². The first-order valence-electron chi connectivity index (χ1n) is 10.3. The minimum absolute atomic E-state index is 0.0797. The first-order valence-corrected chi connectivity index (χ1v) is 12.2. The van der Waals surface area contributed by atoms with E-state index in [4.69, 9.17) is 0 Å². The predicted molar refractivity (Wildman–Crippen MR) is 119 cm³/mol. The molecular weight excluding hydrogens is 412 g/mol. The molecule has 1 aliphatic rings. The molecule has 0 radical (unpaired) electrons. The van der Waals surface area contributed by atoms with E-state index >= 15 is 0 Å². The molecule has 1 saturated heterocycles. The zero-order valence-corrected chi connectivity index (χ0v) is 18.0. The average Bonchev–Trinajstić information content (AvgIpc) is 3.28. The summed E-state index contributed by atoms with van der Waals surface area (Å²) in [6.45, 7) is 1.73. The number of benzene rings is 2. The second-order valence-electron chi connectivity index (χ2n) is 7.69. The molecule has 1 fully saturated rings. The molecule has 7 nitrogen and oxygen atoms in total. The Bertz CT molecular complexity index is 1100. The molecule has 3 aromatic rings. The van der Waals surface area contributed by atoms with Crippen LogP contribution in [0, 0.1) is 0 Å². The van der Waals surface area contributed by atoms with Crippen molar-refractivity contribution >= 4 is 15.7 Å². The van der Waals surface area contributed by atoms with Crippen LogP contribution < -0.4 is 5.32 Å². The van der Waals surface area contributed by atoms with Gasteiger partial charge in [-0.15, -0.1) is 0 Å². The van der Waals surface area contributed by atoms with Crippen molar-refractivity contribution in [2.24, 2.45) is 0 Å². The molecule has 0 aliphatic carbocycles. The molecule has 2 aromatic carbocycles. The summed E-state index contributed by atoms with van der Waals surface area (Å²) in [6, 6.07) is 18.9. The van der Waals surface area contributed by atoms with Gasteiger partial charge in [-0.05, 0) is 22.8 Å². The normalized spacial score (nSPS) is 17.2. The van der Waals surface area contributed by atoms with E-state index < -0.39 is 15.9 Å².